The van der Waals surface area contributed by atoms with Gasteiger partial charge in [0.05, 0.1) is 6.04 Å². The summed E-state index contributed by atoms with van der Waals surface area (Å²) < 4.78 is 0. The molecule has 1 fully saturated rings. The maximum absolute atomic E-state index is 12.4. The first-order valence-corrected chi connectivity index (χ1v) is 8.24. The molecule has 1 atom stereocenters. The fourth-order valence-corrected chi connectivity index (χ4v) is 4.29. The molecule has 1 unspecified atom stereocenters. The van der Waals surface area contributed by atoms with Gasteiger partial charge in [-0.3, -0.25) is 4.79 Å². The Balaban J connectivity index is 1.62. The molecule has 104 valence electrons. The van der Waals surface area contributed by atoms with Crippen LogP contribution in [0.1, 0.15) is 55.0 Å². The van der Waals surface area contributed by atoms with Crippen molar-refractivity contribution in [1.82, 2.24) is 5.32 Å². The number of aryl methyl sites for hydroxylation is 1. The van der Waals surface area contributed by atoms with Crippen molar-refractivity contribution >= 4 is 17.2 Å². The molecule has 3 nitrogen and oxygen atoms in total. The SMILES string of the molecule is NC1CCC(C(=O)NC2CCCc3sccc32)CC1. The number of hydrogen-bond donors (Lipinski definition) is 2. The van der Waals surface area contributed by atoms with E-state index >= 15 is 0 Å². The van der Waals surface area contributed by atoms with Crippen LogP contribution in [0.4, 0.5) is 0 Å². The largest absolute Gasteiger partial charge is 0.349 e. The molecule has 3 rings (SSSR count). The average Bonchev–Trinajstić information content (AvgIpc) is 2.89. The van der Waals surface area contributed by atoms with Crippen molar-refractivity contribution in [1.29, 1.82) is 0 Å². The second-order valence-electron chi connectivity index (χ2n) is 5.86. The molecule has 1 saturated carbocycles. The maximum Gasteiger partial charge on any atom is 0.223 e. The molecule has 0 bridgehead atoms. The Morgan fingerprint density at radius 2 is 2.05 bits per heavy atom. The lowest BCUT2D eigenvalue weighted by molar-refractivity contribution is -0.126. The van der Waals surface area contributed by atoms with E-state index in [-0.39, 0.29) is 17.9 Å². The van der Waals surface area contributed by atoms with Gasteiger partial charge in [0.2, 0.25) is 5.91 Å². The predicted molar refractivity (Wildman–Crippen MR) is 78.1 cm³/mol. The summed E-state index contributed by atoms with van der Waals surface area (Å²) in [6.45, 7) is 0. The predicted octanol–water partition coefficient (Wildman–Crippen LogP) is 2.76. The topological polar surface area (TPSA) is 55.1 Å². The van der Waals surface area contributed by atoms with E-state index in [0.29, 0.717) is 6.04 Å². The summed E-state index contributed by atoms with van der Waals surface area (Å²) in [5.41, 5.74) is 7.26. The number of rotatable bonds is 2. The van der Waals surface area contributed by atoms with E-state index in [0.717, 1.165) is 32.1 Å². The van der Waals surface area contributed by atoms with Crippen molar-refractivity contribution in [3.05, 3.63) is 21.9 Å². The van der Waals surface area contributed by atoms with Crippen LogP contribution in [0.15, 0.2) is 11.4 Å². The zero-order chi connectivity index (χ0) is 13.2. The number of nitrogens with one attached hydrogen (secondary N) is 1. The maximum atomic E-state index is 12.4. The lowest BCUT2D eigenvalue weighted by Crippen LogP contribution is -2.38. The minimum Gasteiger partial charge on any atom is -0.349 e. The van der Waals surface area contributed by atoms with E-state index < -0.39 is 0 Å². The van der Waals surface area contributed by atoms with Gasteiger partial charge in [-0.25, -0.2) is 0 Å². The summed E-state index contributed by atoms with van der Waals surface area (Å²) in [4.78, 5) is 13.8. The van der Waals surface area contributed by atoms with E-state index in [9.17, 15) is 4.79 Å². The summed E-state index contributed by atoms with van der Waals surface area (Å²) in [6, 6.07) is 2.74. The Morgan fingerprint density at radius 1 is 1.26 bits per heavy atom. The molecule has 0 aromatic carbocycles. The molecule has 0 spiro atoms. The molecule has 0 saturated heterocycles. The van der Waals surface area contributed by atoms with E-state index in [1.165, 1.54) is 23.3 Å². The monoisotopic (exact) mass is 278 g/mol. The Labute approximate surface area is 118 Å². The number of fused-ring (bicyclic) bond motifs is 1. The number of thiophene rings is 1. The fourth-order valence-electron chi connectivity index (χ4n) is 3.31. The second-order valence-corrected chi connectivity index (χ2v) is 6.86. The quantitative estimate of drug-likeness (QED) is 0.874. The van der Waals surface area contributed by atoms with Gasteiger partial charge in [0.25, 0.3) is 0 Å². The molecule has 2 aliphatic carbocycles. The summed E-state index contributed by atoms with van der Waals surface area (Å²) in [5, 5.41) is 5.42. The van der Waals surface area contributed by atoms with Gasteiger partial charge in [0.1, 0.15) is 0 Å². The summed E-state index contributed by atoms with van der Waals surface area (Å²) >= 11 is 1.82. The van der Waals surface area contributed by atoms with Crippen LogP contribution in [0.5, 0.6) is 0 Å². The van der Waals surface area contributed by atoms with Crippen LogP contribution >= 0.6 is 11.3 Å². The van der Waals surface area contributed by atoms with Gasteiger partial charge in [0, 0.05) is 16.8 Å². The Kier molecular flexibility index (Phi) is 3.89. The van der Waals surface area contributed by atoms with Crippen LogP contribution in [0.2, 0.25) is 0 Å². The lowest BCUT2D eigenvalue weighted by Gasteiger charge is -2.29. The average molecular weight is 278 g/mol. The molecule has 4 heteroatoms. The minimum absolute atomic E-state index is 0.184. The number of amides is 1. The van der Waals surface area contributed by atoms with E-state index in [2.05, 4.69) is 16.8 Å². The molecule has 0 aliphatic heterocycles. The third-order valence-corrected chi connectivity index (χ3v) is 5.51. The number of carbonyl (C=O) groups is 1. The van der Waals surface area contributed by atoms with Crippen LogP contribution in [-0.2, 0) is 11.2 Å². The standard InChI is InChI=1S/C15H22N2OS/c16-11-6-4-10(5-7-11)15(18)17-13-2-1-3-14-12(13)8-9-19-14/h8-11,13H,1-7,16H2,(H,17,18). The third-order valence-electron chi connectivity index (χ3n) is 4.51. The Morgan fingerprint density at radius 3 is 2.84 bits per heavy atom. The van der Waals surface area contributed by atoms with Gasteiger partial charge in [-0.2, -0.15) is 0 Å². The molecular formula is C15H22N2OS. The number of nitrogens with two attached hydrogens (primary N) is 1. The van der Waals surface area contributed by atoms with E-state index in [1.54, 1.807) is 0 Å². The highest BCUT2D eigenvalue weighted by atomic mass is 32.1. The van der Waals surface area contributed by atoms with Gasteiger partial charge in [0.15, 0.2) is 0 Å². The second kappa shape index (κ2) is 5.63. The highest BCUT2D eigenvalue weighted by Gasteiger charge is 2.28. The van der Waals surface area contributed by atoms with Crippen molar-refractivity contribution < 1.29 is 4.79 Å². The fraction of sp³-hybridized carbons (Fsp3) is 0.667. The smallest absolute Gasteiger partial charge is 0.223 e. The van der Waals surface area contributed by atoms with Crippen LogP contribution in [-0.4, -0.2) is 11.9 Å². The van der Waals surface area contributed by atoms with Crippen molar-refractivity contribution in [2.75, 3.05) is 0 Å². The van der Waals surface area contributed by atoms with Crippen molar-refractivity contribution in [2.24, 2.45) is 11.7 Å². The lowest BCUT2D eigenvalue weighted by atomic mass is 9.85. The van der Waals surface area contributed by atoms with Gasteiger partial charge in [-0.15, -0.1) is 11.3 Å². The minimum atomic E-state index is 0.184. The highest BCUT2D eigenvalue weighted by Crippen LogP contribution is 2.34. The molecule has 1 amide bonds. The number of carbonyl (C=O) groups excluding carboxylic acids is 1. The molecule has 3 N–H and O–H groups in total. The van der Waals surface area contributed by atoms with Crippen LogP contribution in [0.3, 0.4) is 0 Å². The zero-order valence-electron chi connectivity index (χ0n) is 11.2. The van der Waals surface area contributed by atoms with Gasteiger partial charge in [-0.1, -0.05) is 0 Å². The van der Waals surface area contributed by atoms with Crippen LogP contribution in [0.25, 0.3) is 0 Å². The summed E-state index contributed by atoms with van der Waals surface area (Å²) in [5.74, 6) is 0.430. The van der Waals surface area contributed by atoms with Crippen molar-refractivity contribution in [3.8, 4) is 0 Å². The summed E-state index contributed by atoms with van der Waals surface area (Å²) in [6.07, 6.45) is 7.35. The number of hydrogen-bond acceptors (Lipinski definition) is 3. The normalized spacial score (nSPS) is 30.7. The first kappa shape index (κ1) is 13.1. The molecule has 1 aromatic rings. The van der Waals surface area contributed by atoms with E-state index in [4.69, 9.17) is 5.73 Å². The van der Waals surface area contributed by atoms with Gasteiger partial charge in [-0.05, 0) is 62.0 Å². The van der Waals surface area contributed by atoms with Gasteiger partial charge >= 0.3 is 0 Å². The van der Waals surface area contributed by atoms with Crippen molar-refractivity contribution in [3.63, 3.8) is 0 Å². The Hall–Kier alpha value is -0.870. The third kappa shape index (κ3) is 2.84. The van der Waals surface area contributed by atoms with E-state index in [1.807, 2.05) is 11.3 Å². The first-order chi connectivity index (χ1) is 9.24. The van der Waals surface area contributed by atoms with Gasteiger partial charge < -0.3 is 11.1 Å². The molecule has 2 aliphatic rings. The highest BCUT2D eigenvalue weighted by molar-refractivity contribution is 7.10. The zero-order valence-corrected chi connectivity index (χ0v) is 12.0. The molecular weight excluding hydrogens is 256 g/mol. The first-order valence-electron chi connectivity index (χ1n) is 7.36. The van der Waals surface area contributed by atoms with Crippen molar-refractivity contribution in [2.45, 2.75) is 57.0 Å². The molecule has 0 radical (unpaired) electrons. The van der Waals surface area contributed by atoms with Crippen LogP contribution < -0.4 is 11.1 Å². The molecule has 1 aromatic heterocycles. The summed E-state index contributed by atoms with van der Waals surface area (Å²) in [7, 11) is 0. The van der Waals surface area contributed by atoms with Crippen LogP contribution in [0, 0.1) is 5.92 Å². The Bertz CT molecular complexity index is 449. The molecule has 1 heterocycles. The molecule has 19 heavy (non-hydrogen) atoms.